The Kier molecular flexibility index (Phi) is 6.38. The number of amides is 2. The smallest absolute Gasteiger partial charge is 0.251 e. The van der Waals surface area contributed by atoms with E-state index in [2.05, 4.69) is 16.0 Å². The molecule has 1 rings (SSSR count). The van der Waals surface area contributed by atoms with Gasteiger partial charge in [-0.05, 0) is 24.3 Å². The zero-order chi connectivity index (χ0) is 14.1. The lowest BCUT2D eigenvalue weighted by molar-refractivity contribution is -0.120. The van der Waals surface area contributed by atoms with Gasteiger partial charge in [-0.25, -0.2) is 0 Å². The van der Waals surface area contributed by atoms with E-state index in [0.717, 1.165) is 5.69 Å². The number of carbonyl (C=O) groups excluding carboxylic acids is 2. The van der Waals surface area contributed by atoms with E-state index in [1.54, 1.807) is 38.4 Å². The topological polar surface area (TPSA) is 79.5 Å². The number of carbonyl (C=O) groups is 2. The third kappa shape index (κ3) is 5.39. The van der Waals surface area contributed by atoms with Gasteiger partial charge in [0.2, 0.25) is 5.91 Å². The van der Waals surface area contributed by atoms with Gasteiger partial charge in [0.15, 0.2) is 0 Å². The average Bonchev–Trinajstić information content (AvgIpc) is 2.45. The molecule has 1 aromatic rings. The molecule has 0 aliphatic heterocycles. The van der Waals surface area contributed by atoms with Crippen LogP contribution in [0.15, 0.2) is 24.3 Å². The molecule has 0 radical (unpaired) electrons. The number of anilines is 1. The zero-order valence-electron chi connectivity index (χ0n) is 11.2. The van der Waals surface area contributed by atoms with Gasteiger partial charge in [-0.3, -0.25) is 9.59 Å². The van der Waals surface area contributed by atoms with Gasteiger partial charge in [-0.15, -0.1) is 0 Å². The van der Waals surface area contributed by atoms with Crippen molar-refractivity contribution < 1.29 is 14.3 Å². The van der Waals surface area contributed by atoms with Crippen molar-refractivity contribution in [2.75, 3.05) is 39.2 Å². The first-order valence-electron chi connectivity index (χ1n) is 5.99. The van der Waals surface area contributed by atoms with Crippen molar-refractivity contribution in [3.63, 3.8) is 0 Å². The highest BCUT2D eigenvalue weighted by atomic mass is 16.5. The Bertz CT molecular complexity index is 418. The lowest BCUT2D eigenvalue weighted by Crippen LogP contribution is -2.38. The number of benzene rings is 1. The molecule has 0 saturated carbocycles. The van der Waals surface area contributed by atoms with E-state index in [-0.39, 0.29) is 18.4 Å². The maximum absolute atomic E-state index is 11.7. The van der Waals surface area contributed by atoms with E-state index >= 15 is 0 Å². The molecule has 0 spiro atoms. The fraction of sp³-hybridized carbons (Fsp3) is 0.385. The maximum Gasteiger partial charge on any atom is 0.251 e. The number of methoxy groups -OCH3 is 1. The van der Waals surface area contributed by atoms with Crippen LogP contribution >= 0.6 is 0 Å². The monoisotopic (exact) mass is 265 g/mol. The number of ether oxygens (including phenoxy) is 1. The minimum Gasteiger partial charge on any atom is -0.388 e. The van der Waals surface area contributed by atoms with Gasteiger partial charge < -0.3 is 20.7 Å². The molecule has 104 valence electrons. The second-order valence-corrected chi connectivity index (χ2v) is 3.85. The molecule has 1 aromatic carbocycles. The second-order valence-electron chi connectivity index (χ2n) is 3.85. The summed E-state index contributed by atoms with van der Waals surface area (Å²) in [6, 6.07) is 7.00. The first-order chi connectivity index (χ1) is 9.17. The Morgan fingerprint density at radius 3 is 2.42 bits per heavy atom. The maximum atomic E-state index is 11.7. The van der Waals surface area contributed by atoms with Crippen molar-refractivity contribution in [2.24, 2.45) is 0 Å². The molecule has 0 fully saturated rings. The second kappa shape index (κ2) is 8.10. The highest BCUT2D eigenvalue weighted by Gasteiger charge is 2.07. The first kappa shape index (κ1) is 15.0. The van der Waals surface area contributed by atoms with Crippen LogP contribution in [-0.2, 0) is 9.53 Å². The summed E-state index contributed by atoms with van der Waals surface area (Å²) in [4.78, 5) is 23.1. The van der Waals surface area contributed by atoms with Crippen molar-refractivity contribution in [1.29, 1.82) is 0 Å². The van der Waals surface area contributed by atoms with Crippen LogP contribution in [0.3, 0.4) is 0 Å². The fourth-order valence-corrected chi connectivity index (χ4v) is 1.41. The third-order valence-electron chi connectivity index (χ3n) is 2.47. The van der Waals surface area contributed by atoms with E-state index in [0.29, 0.717) is 18.7 Å². The number of hydrogen-bond acceptors (Lipinski definition) is 4. The molecular formula is C13H19N3O3. The Balaban J connectivity index is 2.35. The molecule has 19 heavy (non-hydrogen) atoms. The highest BCUT2D eigenvalue weighted by Crippen LogP contribution is 2.08. The van der Waals surface area contributed by atoms with Crippen LogP contribution in [0.1, 0.15) is 10.4 Å². The van der Waals surface area contributed by atoms with Gasteiger partial charge in [-0.1, -0.05) is 0 Å². The molecule has 2 amide bonds. The molecule has 0 unspecified atom stereocenters. The van der Waals surface area contributed by atoms with Crippen molar-refractivity contribution in [1.82, 2.24) is 10.6 Å². The molecule has 3 N–H and O–H groups in total. The number of hydrogen-bond donors (Lipinski definition) is 3. The average molecular weight is 265 g/mol. The predicted octanol–water partition coefficient (Wildman–Crippen LogP) is 0.221. The van der Waals surface area contributed by atoms with Crippen LogP contribution < -0.4 is 16.0 Å². The molecule has 0 saturated heterocycles. The van der Waals surface area contributed by atoms with Crippen LogP contribution in [0.2, 0.25) is 0 Å². The number of nitrogens with one attached hydrogen (secondary N) is 3. The molecule has 0 aromatic heterocycles. The van der Waals surface area contributed by atoms with E-state index in [9.17, 15) is 9.59 Å². The molecule has 6 nitrogen and oxygen atoms in total. The summed E-state index contributed by atoms with van der Waals surface area (Å²) < 4.78 is 4.80. The standard InChI is InChI=1S/C13H19N3O3/c1-14-11-5-3-10(4-6-11)13(18)16-9-12(17)15-7-8-19-2/h3-6,14H,7-9H2,1-2H3,(H,15,17)(H,16,18). The minimum absolute atomic E-state index is 0.0453. The fourth-order valence-electron chi connectivity index (χ4n) is 1.41. The summed E-state index contributed by atoms with van der Waals surface area (Å²) in [5.41, 5.74) is 1.44. The molecule has 0 atom stereocenters. The summed E-state index contributed by atoms with van der Waals surface area (Å²) >= 11 is 0. The summed E-state index contributed by atoms with van der Waals surface area (Å²) in [7, 11) is 3.36. The lowest BCUT2D eigenvalue weighted by Gasteiger charge is -2.07. The molecule has 0 heterocycles. The van der Waals surface area contributed by atoms with Crippen LogP contribution in [-0.4, -0.2) is 45.7 Å². The lowest BCUT2D eigenvalue weighted by atomic mass is 10.2. The van der Waals surface area contributed by atoms with Crippen LogP contribution in [0.5, 0.6) is 0 Å². The van der Waals surface area contributed by atoms with Crippen molar-refractivity contribution in [2.45, 2.75) is 0 Å². The van der Waals surface area contributed by atoms with Gasteiger partial charge in [0, 0.05) is 32.0 Å². The molecule has 6 heteroatoms. The minimum atomic E-state index is -0.274. The summed E-state index contributed by atoms with van der Waals surface area (Å²) in [6.45, 7) is 0.837. The Morgan fingerprint density at radius 2 is 1.84 bits per heavy atom. The largest absolute Gasteiger partial charge is 0.388 e. The Hall–Kier alpha value is -2.08. The van der Waals surface area contributed by atoms with Gasteiger partial charge in [-0.2, -0.15) is 0 Å². The predicted molar refractivity (Wildman–Crippen MR) is 73.2 cm³/mol. The van der Waals surface area contributed by atoms with Gasteiger partial charge in [0.1, 0.15) is 0 Å². The summed E-state index contributed by atoms with van der Waals surface area (Å²) in [5, 5.41) is 8.14. The van der Waals surface area contributed by atoms with Crippen molar-refractivity contribution in [3.8, 4) is 0 Å². The number of rotatable bonds is 7. The first-order valence-corrected chi connectivity index (χ1v) is 5.99. The van der Waals surface area contributed by atoms with Gasteiger partial charge >= 0.3 is 0 Å². The SMILES string of the molecule is CNc1ccc(C(=O)NCC(=O)NCCOC)cc1. The zero-order valence-corrected chi connectivity index (χ0v) is 11.2. The van der Waals surface area contributed by atoms with Crippen LogP contribution in [0.4, 0.5) is 5.69 Å². The van der Waals surface area contributed by atoms with E-state index in [1.807, 2.05) is 0 Å². The third-order valence-corrected chi connectivity index (χ3v) is 2.47. The highest BCUT2D eigenvalue weighted by molar-refractivity contribution is 5.96. The van der Waals surface area contributed by atoms with Crippen LogP contribution in [0, 0.1) is 0 Å². The van der Waals surface area contributed by atoms with E-state index in [4.69, 9.17) is 4.74 Å². The van der Waals surface area contributed by atoms with E-state index in [1.165, 1.54) is 0 Å². The van der Waals surface area contributed by atoms with Crippen LogP contribution in [0.25, 0.3) is 0 Å². The van der Waals surface area contributed by atoms with Crippen molar-refractivity contribution >= 4 is 17.5 Å². The van der Waals surface area contributed by atoms with E-state index < -0.39 is 0 Å². The molecule has 0 aliphatic carbocycles. The van der Waals surface area contributed by atoms with Gasteiger partial charge in [0.25, 0.3) is 5.91 Å². The molecule has 0 aliphatic rings. The summed E-state index contributed by atoms with van der Waals surface area (Å²) in [6.07, 6.45) is 0. The normalized spacial score (nSPS) is 9.79. The van der Waals surface area contributed by atoms with Gasteiger partial charge in [0.05, 0.1) is 13.2 Å². The summed E-state index contributed by atoms with van der Waals surface area (Å²) in [5.74, 6) is -0.512. The van der Waals surface area contributed by atoms with Crippen molar-refractivity contribution in [3.05, 3.63) is 29.8 Å². The molecule has 0 bridgehead atoms. The Morgan fingerprint density at radius 1 is 1.16 bits per heavy atom. The Labute approximate surface area is 112 Å². The molecular weight excluding hydrogens is 246 g/mol. The quantitative estimate of drug-likeness (QED) is 0.616.